The van der Waals surface area contributed by atoms with E-state index in [0.717, 1.165) is 11.3 Å². The molecule has 0 aliphatic carbocycles. The largest absolute Gasteiger partial charge is 0.475 e. The van der Waals surface area contributed by atoms with Crippen LogP contribution in [0.4, 0.5) is 5.69 Å². The second-order valence-corrected chi connectivity index (χ2v) is 8.59. The monoisotopic (exact) mass is 502 g/mol. The van der Waals surface area contributed by atoms with Gasteiger partial charge in [0.2, 0.25) is 5.76 Å². The lowest BCUT2D eigenvalue weighted by atomic mass is 10.1. The summed E-state index contributed by atoms with van der Waals surface area (Å²) in [6, 6.07) is 28.7. The second kappa shape index (κ2) is 10.7. The summed E-state index contributed by atoms with van der Waals surface area (Å²) in [5, 5.41) is 18.2. The Bertz CT molecular complexity index is 1610. The molecule has 1 amide bonds. The minimum atomic E-state index is -1.13. The van der Waals surface area contributed by atoms with E-state index in [9.17, 15) is 9.59 Å². The second-order valence-electron chi connectivity index (χ2n) is 8.59. The lowest BCUT2D eigenvalue weighted by molar-refractivity contribution is 0.0663. The standard InChI is InChI=1S/C30H22N4O4/c31-16-21-6-8-22(9-7-21)18-33-20-32-17-26(33)19-34(29(35)24-4-2-1-3-5-24)25-12-10-23(11-13-25)27-14-15-28(38-27)30(36)37/h1-15,17,20H,18-19H2,(H,36,37). The third-order valence-electron chi connectivity index (χ3n) is 6.10. The molecule has 1 N–H and O–H groups in total. The molecule has 0 aliphatic heterocycles. The molecule has 5 rings (SSSR count). The number of carbonyl (C=O) groups is 2. The number of carboxylic acid groups (broad SMARTS) is 1. The van der Waals surface area contributed by atoms with Crippen LogP contribution in [-0.2, 0) is 13.1 Å². The maximum Gasteiger partial charge on any atom is 0.371 e. The number of nitriles is 1. The highest BCUT2D eigenvalue weighted by Crippen LogP contribution is 2.27. The van der Waals surface area contributed by atoms with Crippen LogP contribution in [0.1, 0.15) is 37.7 Å². The molecule has 0 fully saturated rings. The molecule has 0 atom stereocenters. The highest BCUT2D eigenvalue weighted by Gasteiger charge is 2.20. The molecule has 38 heavy (non-hydrogen) atoms. The van der Waals surface area contributed by atoms with Crippen LogP contribution in [0.3, 0.4) is 0 Å². The molecular weight excluding hydrogens is 480 g/mol. The van der Waals surface area contributed by atoms with Crippen LogP contribution < -0.4 is 4.90 Å². The van der Waals surface area contributed by atoms with Gasteiger partial charge in [-0.3, -0.25) is 4.79 Å². The summed E-state index contributed by atoms with van der Waals surface area (Å²) in [6.07, 6.45) is 3.46. The van der Waals surface area contributed by atoms with Crippen molar-refractivity contribution in [1.82, 2.24) is 9.55 Å². The molecule has 0 spiro atoms. The number of nitrogens with zero attached hydrogens (tertiary/aromatic N) is 4. The Kier molecular flexibility index (Phi) is 6.83. The van der Waals surface area contributed by atoms with Gasteiger partial charge in [-0.05, 0) is 66.2 Å². The maximum atomic E-state index is 13.6. The first-order valence-electron chi connectivity index (χ1n) is 11.8. The molecule has 8 nitrogen and oxygen atoms in total. The zero-order valence-corrected chi connectivity index (χ0v) is 20.2. The highest BCUT2D eigenvalue weighted by molar-refractivity contribution is 6.06. The number of imidazole rings is 1. The Hall–Kier alpha value is -5.42. The smallest absolute Gasteiger partial charge is 0.371 e. The summed E-state index contributed by atoms with van der Waals surface area (Å²) in [4.78, 5) is 30.8. The predicted molar refractivity (Wildman–Crippen MR) is 141 cm³/mol. The normalized spacial score (nSPS) is 10.6. The van der Waals surface area contributed by atoms with Crippen molar-refractivity contribution >= 4 is 17.6 Å². The van der Waals surface area contributed by atoms with Gasteiger partial charge in [-0.25, -0.2) is 9.78 Å². The van der Waals surface area contributed by atoms with Crippen LogP contribution in [0.5, 0.6) is 0 Å². The SMILES string of the molecule is N#Cc1ccc(Cn2cncc2CN(C(=O)c2ccccc2)c2ccc(-c3ccc(C(=O)O)o3)cc2)cc1. The first-order valence-corrected chi connectivity index (χ1v) is 11.8. The average Bonchev–Trinajstić information content (AvgIpc) is 3.63. The molecule has 0 unspecified atom stereocenters. The molecule has 3 aromatic carbocycles. The van der Waals surface area contributed by atoms with Gasteiger partial charge in [0.15, 0.2) is 0 Å². The van der Waals surface area contributed by atoms with E-state index >= 15 is 0 Å². The number of aromatic carboxylic acids is 1. The van der Waals surface area contributed by atoms with Gasteiger partial charge in [0, 0.05) is 29.6 Å². The van der Waals surface area contributed by atoms with Crippen LogP contribution in [0.2, 0.25) is 0 Å². The summed E-state index contributed by atoms with van der Waals surface area (Å²) in [5.41, 5.74) is 4.34. The molecule has 186 valence electrons. The van der Waals surface area contributed by atoms with Gasteiger partial charge in [-0.15, -0.1) is 0 Å². The third-order valence-corrected chi connectivity index (χ3v) is 6.10. The first-order chi connectivity index (χ1) is 18.5. The zero-order chi connectivity index (χ0) is 26.5. The summed E-state index contributed by atoms with van der Waals surface area (Å²) in [6.45, 7) is 0.811. The van der Waals surface area contributed by atoms with Crippen molar-refractivity contribution in [3.8, 4) is 17.4 Å². The fourth-order valence-corrected chi connectivity index (χ4v) is 4.10. The van der Waals surface area contributed by atoms with Gasteiger partial charge >= 0.3 is 5.97 Å². The number of benzene rings is 3. The Morgan fingerprint density at radius 3 is 2.34 bits per heavy atom. The van der Waals surface area contributed by atoms with Gasteiger partial charge in [0.1, 0.15) is 5.76 Å². The van der Waals surface area contributed by atoms with Crippen molar-refractivity contribution < 1.29 is 19.1 Å². The van der Waals surface area contributed by atoms with E-state index in [1.807, 2.05) is 34.9 Å². The van der Waals surface area contributed by atoms with Crippen LogP contribution in [0, 0.1) is 11.3 Å². The third kappa shape index (κ3) is 5.22. The molecule has 0 saturated carbocycles. The van der Waals surface area contributed by atoms with Crippen molar-refractivity contribution in [2.45, 2.75) is 13.1 Å². The summed E-state index contributed by atoms with van der Waals surface area (Å²) < 4.78 is 7.38. The van der Waals surface area contributed by atoms with E-state index in [2.05, 4.69) is 11.1 Å². The van der Waals surface area contributed by atoms with E-state index in [-0.39, 0.29) is 18.2 Å². The van der Waals surface area contributed by atoms with Gasteiger partial charge in [0.05, 0.1) is 30.2 Å². The summed E-state index contributed by atoms with van der Waals surface area (Å²) in [5.74, 6) is -1.02. The highest BCUT2D eigenvalue weighted by atomic mass is 16.4. The topological polar surface area (TPSA) is 112 Å². The van der Waals surface area contributed by atoms with Gasteiger partial charge in [-0.2, -0.15) is 5.26 Å². The predicted octanol–water partition coefficient (Wildman–Crippen LogP) is 5.61. The number of hydrogen-bond donors (Lipinski definition) is 1. The minimum absolute atomic E-state index is 0.138. The number of anilines is 1. The van der Waals surface area contributed by atoms with Crippen LogP contribution in [-0.4, -0.2) is 26.5 Å². The number of amides is 1. The number of furan rings is 1. The van der Waals surface area contributed by atoms with E-state index < -0.39 is 5.97 Å². The summed E-state index contributed by atoms with van der Waals surface area (Å²) >= 11 is 0. The lowest BCUT2D eigenvalue weighted by Crippen LogP contribution is -2.31. The number of hydrogen-bond acceptors (Lipinski definition) is 5. The molecule has 8 heteroatoms. The Morgan fingerprint density at radius 1 is 0.947 bits per heavy atom. The van der Waals surface area contributed by atoms with Gasteiger partial charge < -0.3 is 19.0 Å². The molecule has 0 saturated heterocycles. The molecular formula is C30H22N4O4. The summed E-state index contributed by atoms with van der Waals surface area (Å²) in [7, 11) is 0. The van der Waals surface area contributed by atoms with Crippen molar-refractivity contribution in [1.29, 1.82) is 5.26 Å². The quantitative estimate of drug-likeness (QED) is 0.295. The molecule has 5 aromatic rings. The van der Waals surface area contributed by atoms with Crippen LogP contribution >= 0.6 is 0 Å². The van der Waals surface area contributed by atoms with Gasteiger partial charge in [-0.1, -0.05) is 30.3 Å². The van der Waals surface area contributed by atoms with E-state index in [0.29, 0.717) is 34.7 Å². The first kappa shape index (κ1) is 24.3. The van der Waals surface area contributed by atoms with Crippen molar-refractivity contribution in [2.75, 3.05) is 4.90 Å². The number of rotatable bonds is 8. The zero-order valence-electron chi connectivity index (χ0n) is 20.2. The van der Waals surface area contributed by atoms with Gasteiger partial charge in [0.25, 0.3) is 5.91 Å². The minimum Gasteiger partial charge on any atom is -0.475 e. The maximum absolute atomic E-state index is 13.6. The Labute approximate surface area is 218 Å². The lowest BCUT2D eigenvalue weighted by Gasteiger charge is -2.24. The molecule has 0 radical (unpaired) electrons. The fourth-order valence-electron chi connectivity index (χ4n) is 4.10. The fraction of sp³-hybridized carbons (Fsp3) is 0.0667. The van der Waals surface area contributed by atoms with Crippen molar-refractivity contribution in [3.05, 3.63) is 132 Å². The molecule has 2 aromatic heterocycles. The van der Waals surface area contributed by atoms with E-state index in [4.69, 9.17) is 14.8 Å². The number of aromatic nitrogens is 2. The molecule has 2 heterocycles. The van der Waals surface area contributed by atoms with E-state index in [1.54, 1.807) is 72.0 Å². The van der Waals surface area contributed by atoms with E-state index in [1.165, 1.54) is 6.07 Å². The Balaban J connectivity index is 1.44. The average molecular weight is 503 g/mol. The Morgan fingerprint density at radius 2 is 1.68 bits per heavy atom. The van der Waals surface area contributed by atoms with Crippen LogP contribution in [0.25, 0.3) is 11.3 Å². The van der Waals surface area contributed by atoms with Crippen molar-refractivity contribution in [3.63, 3.8) is 0 Å². The number of carbonyl (C=O) groups excluding carboxylic acids is 1. The number of carboxylic acids is 1. The molecule has 0 bridgehead atoms. The molecule has 0 aliphatic rings. The van der Waals surface area contributed by atoms with Crippen molar-refractivity contribution in [2.24, 2.45) is 0 Å². The van der Waals surface area contributed by atoms with Crippen LogP contribution in [0.15, 0.2) is 108 Å².